The van der Waals surface area contributed by atoms with Gasteiger partial charge in [0.1, 0.15) is 10.7 Å². The number of anilines is 1. The van der Waals surface area contributed by atoms with Crippen LogP contribution in [-0.2, 0) is 4.74 Å². The molecule has 0 bridgehead atoms. The molecule has 6 heteroatoms. The first-order chi connectivity index (χ1) is 11.7. The third kappa shape index (κ3) is 4.06. The van der Waals surface area contributed by atoms with E-state index in [1.807, 2.05) is 37.4 Å². The van der Waals surface area contributed by atoms with Gasteiger partial charge in [-0.1, -0.05) is 6.07 Å². The predicted molar refractivity (Wildman–Crippen MR) is 98.2 cm³/mol. The second-order valence-electron chi connectivity index (χ2n) is 5.73. The van der Waals surface area contributed by atoms with Gasteiger partial charge in [-0.2, -0.15) is 0 Å². The molecule has 0 aromatic carbocycles. The zero-order valence-corrected chi connectivity index (χ0v) is 15.4. The van der Waals surface area contributed by atoms with E-state index in [4.69, 9.17) is 9.47 Å². The predicted octanol–water partition coefficient (Wildman–Crippen LogP) is 3.82. The number of methoxy groups -OCH3 is 1. The molecule has 1 aliphatic heterocycles. The van der Waals surface area contributed by atoms with Crippen LogP contribution in [-0.4, -0.2) is 36.3 Å². The van der Waals surface area contributed by atoms with E-state index < -0.39 is 0 Å². The Kier molecular flexibility index (Phi) is 5.35. The number of halogens is 1. The van der Waals surface area contributed by atoms with Gasteiger partial charge in [0.25, 0.3) is 0 Å². The van der Waals surface area contributed by atoms with Gasteiger partial charge in [-0.3, -0.25) is 0 Å². The Morgan fingerprint density at radius 3 is 2.92 bits per heavy atom. The largest absolute Gasteiger partial charge is 0.504 e. The summed E-state index contributed by atoms with van der Waals surface area (Å²) in [7, 11) is 1.63. The molecule has 126 valence electrons. The minimum absolute atomic E-state index is 0.128. The van der Waals surface area contributed by atoms with Crippen LogP contribution in [0.4, 0.5) is 5.69 Å². The van der Waals surface area contributed by atoms with Crippen molar-refractivity contribution in [2.24, 2.45) is 0 Å². The Hall–Kier alpha value is -2.08. The molecule has 5 nitrogen and oxygen atoms in total. The quantitative estimate of drug-likeness (QED) is 0.574. The highest BCUT2D eigenvalue weighted by molar-refractivity contribution is 9.10. The lowest BCUT2D eigenvalue weighted by Gasteiger charge is -2.20. The third-order valence-electron chi connectivity index (χ3n) is 3.89. The Bertz CT molecular complexity index is 719. The molecule has 0 N–H and O–H groups in total. The number of aromatic nitrogens is 2. The standard InChI is InChI=1S/C18H20BrN3O2/c1-13-3-6-18(20-11-13)24-14-7-9-22(12-14)16-4-5-17(19)21-15(16)8-10-23-2/h3-6,8,10-11,14H,7,9,12H2,1-2H3/t14-/m0/s1. The fraction of sp³-hybridized carbons (Fsp3) is 0.333. The maximum atomic E-state index is 6.00. The lowest BCUT2D eigenvalue weighted by Crippen LogP contribution is -2.25. The SMILES string of the molecule is COC=Cc1nc(Br)ccc1N1CC[C@H](Oc2ccc(C)cn2)C1. The van der Waals surface area contributed by atoms with Crippen LogP contribution in [0.5, 0.6) is 5.88 Å². The van der Waals surface area contributed by atoms with Crippen LogP contribution >= 0.6 is 15.9 Å². The first-order valence-electron chi connectivity index (χ1n) is 7.86. The molecular weight excluding hydrogens is 370 g/mol. The van der Waals surface area contributed by atoms with Gasteiger partial charge in [-0.25, -0.2) is 9.97 Å². The fourth-order valence-electron chi connectivity index (χ4n) is 2.70. The second kappa shape index (κ2) is 7.66. The van der Waals surface area contributed by atoms with E-state index in [9.17, 15) is 0 Å². The Labute approximate surface area is 150 Å². The van der Waals surface area contributed by atoms with Gasteiger partial charge in [-0.05, 0) is 40.5 Å². The number of nitrogens with zero attached hydrogens (tertiary/aromatic N) is 3. The fourth-order valence-corrected chi connectivity index (χ4v) is 3.03. The van der Waals surface area contributed by atoms with Crippen molar-refractivity contribution < 1.29 is 9.47 Å². The lowest BCUT2D eigenvalue weighted by atomic mass is 10.2. The average Bonchev–Trinajstić information content (AvgIpc) is 3.03. The molecule has 0 unspecified atom stereocenters. The summed E-state index contributed by atoms with van der Waals surface area (Å²) in [4.78, 5) is 11.1. The van der Waals surface area contributed by atoms with Crippen LogP contribution in [0.25, 0.3) is 6.08 Å². The molecule has 0 radical (unpaired) electrons. The minimum atomic E-state index is 0.128. The zero-order chi connectivity index (χ0) is 16.9. The highest BCUT2D eigenvalue weighted by Crippen LogP contribution is 2.27. The molecule has 2 aromatic rings. The molecule has 1 atom stereocenters. The van der Waals surface area contributed by atoms with Gasteiger partial charge in [0.15, 0.2) is 0 Å². The van der Waals surface area contributed by atoms with Gasteiger partial charge in [-0.15, -0.1) is 0 Å². The molecule has 0 amide bonds. The maximum absolute atomic E-state index is 6.00. The lowest BCUT2D eigenvalue weighted by molar-refractivity contribution is 0.216. The van der Waals surface area contributed by atoms with Crippen molar-refractivity contribution >= 4 is 27.7 Å². The van der Waals surface area contributed by atoms with Crippen molar-refractivity contribution in [3.8, 4) is 5.88 Å². The summed E-state index contributed by atoms with van der Waals surface area (Å²) in [6.45, 7) is 3.75. The van der Waals surface area contributed by atoms with Crippen LogP contribution in [0.1, 0.15) is 17.7 Å². The van der Waals surface area contributed by atoms with Crippen LogP contribution in [0.2, 0.25) is 0 Å². The molecular formula is C18H20BrN3O2. The van der Waals surface area contributed by atoms with Gasteiger partial charge >= 0.3 is 0 Å². The molecule has 0 aliphatic carbocycles. The van der Waals surface area contributed by atoms with Crippen LogP contribution in [0.3, 0.4) is 0 Å². The third-order valence-corrected chi connectivity index (χ3v) is 4.33. The molecule has 3 rings (SSSR count). The highest BCUT2D eigenvalue weighted by Gasteiger charge is 2.26. The van der Waals surface area contributed by atoms with Crippen LogP contribution in [0, 0.1) is 6.92 Å². The summed E-state index contributed by atoms with van der Waals surface area (Å²) < 4.78 is 11.8. The molecule has 2 aromatic heterocycles. The number of aryl methyl sites for hydroxylation is 1. The summed E-state index contributed by atoms with van der Waals surface area (Å²) in [6, 6.07) is 7.96. The second-order valence-corrected chi connectivity index (χ2v) is 6.54. The average molecular weight is 390 g/mol. The molecule has 1 fully saturated rings. The van der Waals surface area contributed by atoms with E-state index in [0.29, 0.717) is 5.88 Å². The monoisotopic (exact) mass is 389 g/mol. The van der Waals surface area contributed by atoms with Crippen molar-refractivity contribution in [2.75, 3.05) is 25.1 Å². The summed E-state index contributed by atoms with van der Waals surface area (Å²) in [6.07, 6.45) is 6.42. The van der Waals surface area contributed by atoms with Gasteiger partial charge in [0.05, 0.1) is 31.3 Å². The number of hydrogen-bond donors (Lipinski definition) is 0. The van der Waals surface area contributed by atoms with Gasteiger partial charge < -0.3 is 14.4 Å². The Morgan fingerprint density at radius 2 is 2.17 bits per heavy atom. The van der Waals surface area contributed by atoms with E-state index in [2.05, 4.69) is 36.9 Å². The van der Waals surface area contributed by atoms with Crippen molar-refractivity contribution in [1.82, 2.24) is 9.97 Å². The normalized spacial score (nSPS) is 17.5. The van der Waals surface area contributed by atoms with Gasteiger partial charge in [0.2, 0.25) is 5.88 Å². The van der Waals surface area contributed by atoms with Crippen molar-refractivity contribution in [1.29, 1.82) is 0 Å². The molecule has 1 saturated heterocycles. The van der Waals surface area contributed by atoms with E-state index in [1.54, 1.807) is 13.4 Å². The topological polar surface area (TPSA) is 47.5 Å². The summed E-state index contributed by atoms with van der Waals surface area (Å²) >= 11 is 3.42. The molecule has 0 spiro atoms. The van der Waals surface area contributed by atoms with E-state index >= 15 is 0 Å². The number of pyridine rings is 2. The van der Waals surface area contributed by atoms with Gasteiger partial charge in [0, 0.05) is 31.3 Å². The number of hydrogen-bond acceptors (Lipinski definition) is 5. The maximum Gasteiger partial charge on any atom is 0.213 e. The smallest absolute Gasteiger partial charge is 0.213 e. The summed E-state index contributed by atoms with van der Waals surface area (Å²) in [5.41, 5.74) is 3.08. The number of ether oxygens (including phenoxy) is 2. The summed E-state index contributed by atoms with van der Waals surface area (Å²) in [5.74, 6) is 0.681. The van der Waals surface area contributed by atoms with Crippen molar-refractivity contribution in [3.05, 3.63) is 52.6 Å². The van der Waals surface area contributed by atoms with Crippen LogP contribution in [0.15, 0.2) is 41.3 Å². The van der Waals surface area contributed by atoms with E-state index in [1.165, 1.54) is 0 Å². The van der Waals surface area contributed by atoms with E-state index in [0.717, 1.165) is 41.1 Å². The molecule has 0 saturated carbocycles. The Balaban J connectivity index is 1.71. The first-order valence-corrected chi connectivity index (χ1v) is 8.65. The summed E-state index contributed by atoms with van der Waals surface area (Å²) in [5, 5.41) is 0. The molecule has 1 aliphatic rings. The Morgan fingerprint density at radius 1 is 1.29 bits per heavy atom. The molecule has 3 heterocycles. The number of rotatable bonds is 5. The van der Waals surface area contributed by atoms with Crippen molar-refractivity contribution in [3.63, 3.8) is 0 Å². The highest BCUT2D eigenvalue weighted by atomic mass is 79.9. The van der Waals surface area contributed by atoms with Crippen molar-refractivity contribution in [2.45, 2.75) is 19.4 Å². The zero-order valence-electron chi connectivity index (χ0n) is 13.8. The van der Waals surface area contributed by atoms with Crippen LogP contribution < -0.4 is 9.64 Å². The first kappa shape index (κ1) is 16.8. The minimum Gasteiger partial charge on any atom is -0.504 e. The van der Waals surface area contributed by atoms with E-state index in [-0.39, 0.29) is 6.10 Å². The molecule has 24 heavy (non-hydrogen) atoms.